The predicted molar refractivity (Wildman–Crippen MR) is 71.7 cm³/mol. The Hall–Kier alpha value is -0.130. The highest BCUT2D eigenvalue weighted by Gasteiger charge is 2.29. The minimum atomic E-state index is -0.605. The zero-order chi connectivity index (χ0) is 11.8. The van der Waals surface area contributed by atoms with E-state index in [0.717, 1.165) is 34.1 Å². The Morgan fingerprint density at radius 2 is 2.25 bits per heavy atom. The van der Waals surface area contributed by atoms with Crippen LogP contribution in [0.15, 0.2) is 21.2 Å². The third-order valence-corrected chi connectivity index (χ3v) is 3.78. The van der Waals surface area contributed by atoms with E-state index in [2.05, 4.69) is 41.7 Å². The third kappa shape index (κ3) is 2.76. The first-order valence-electron chi connectivity index (χ1n) is 5.26. The number of hydrogen-bond donors (Lipinski definition) is 1. The second kappa shape index (κ2) is 4.63. The molecule has 2 heterocycles. The Kier molecular flexibility index (Phi) is 3.56. The average molecular weight is 350 g/mol. The van der Waals surface area contributed by atoms with Crippen molar-refractivity contribution in [3.63, 3.8) is 0 Å². The Morgan fingerprint density at radius 3 is 2.88 bits per heavy atom. The van der Waals surface area contributed by atoms with Crippen molar-refractivity contribution in [1.82, 2.24) is 4.98 Å². The number of aromatic nitrogens is 1. The normalized spacial score (nSPS) is 25.9. The van der Waals surface area contributed by atoms with Crippen molar-refractivity contribution in [2.75, 3.05) is 18.0 Å². The van der Waals surface area contributed by atoms with Gasteiger partial charge in [-0.1, -0.05) is 0 Å². The van der Waals surface area contributed by atoms with E-state index in [1.54, 1.807) is 6.20 Å². The Balaban J connectivity index is 2.23. The number of aliphatic hydroxyl groups is 1. The molecular formula is C11H14Br2N2O. The molecule has 1 fully saturated rings. The van der Waals surface area contributed by atoms with E-state index in [1.807, 2.05) is 13.0 Å². The fourth-order valence-electron chi connectivity index (χ4n) is 2.04. The van der Waals surface area contributed by atoms with Crippen molar-refractivity contribution in [2.24, 2.45) is 0 Å². The largest absolute Gasteiger partial charge is 0.388 e. The number of hydrogen-bond acceptors (Lipinski definition) is 3. The summed E-state index contributed by atoms with van der Waals surface area (Å²) in [5.74, 6) is 0.906. The zero-order valence-electron chi connectivity index (χ0n) is 9.08. The number of β-amino-alcohol motifs (C(OH)–C–C–N with tert-alkyl or cyclic N) is 1. The van der Waals surface area contributed by atoms with Gasteiger partial charge >= 0.3 is 0 Å². The summed E-state index contributed by atoms with van der Waals surface area (Å²) < 4.78 is 1.91. The van der Waals surface area contributed by atoms with E-state index in [0.29, 0.717) is 6.54 Å². The van der Waals surface area contributed by atoms with Gasteiger partial charge in [0.2, 0.25) is 0 Å². The van der Waals surface area contributed by atoms with E-state index >= 15 is 0 Å². The lowest BCUT2D eigenvalue weighted by Crippen LogP contribution is -2.46. The molecule has 16 heavy (non-hydrogen) atoms. The molecule has 1 saturated heterocycles. The Bertz CT molecular complexity index is 396. The second-order valence-corrected chi connectivity index (χ2v) is 6.25. The van der Waals surface area contributed by atoms with Crippen molar-refractivity contribution in [3.05, 3.63) is 21.2 Å². The van der Waals surface area contributed by atoms with E-state index in [1.165, 1.54) is 0 Å². The summed E-state index contributed by atoms with van der Waals surface area (Å²) in [5, 5.41) is 10.1. The first-order chi connectivity index (χ1) is 7.48. The van der Waals surface area contributed by atoms with Gasteiger partial charge in [-0.2, -0.15) is 0 Å². The number of pyridine rings is 1. The fourth-order valence-corrected chi connectivity index (χ4v) is 3.28. The van der Waals surface area contributed by atoms with E-state index in [4.69, 9.17) is 0 Å². The summed E-state index contributed by atoms with van der Waals surface area (Å²) in [6.45, 7) is 3.47. The van der Waals surface area contributed by atoms with Crippen LogP contribution in [0, 0.1) is 0 Å². The molecular weight excluding hydrogens is 336 g/mol. The summed E-state index contributed by atoms with van der Waals surface area (Å²) >= 11 is 6.89. The molecule has 1 aromatic heterocycles. The average Bonchev–Trinajstić information content (AvgIpc) is 2.15. The van der Waals surface area contributed by atoms with Gasteiger partial charge in [0, 0.05) is 23.8 Å². The smallest absolute Gasteiger partial charge is 0.143 e. The summed E-state index contributed by atoms with van der Waals surface area (Å²) in [6, 6.07) is 1.98. The highest BCUT2D eigenvalue weighted by atomic mass is 79.9. The summed E-state index contributed by atoms with van der Waals surface area (Å²) in [5.41, 5.74) is -0.605. The van der Waals surface area contributed by atoms with Crippen LogP contribution < -0.4 is 4.90 Å². The zero-order valence-corrected chi connectivity index (χ0v) is 12.3. The maximum Gasteiger partial charge on any atom is 0.143 e. The molecule has 0 spiro atoms. The van der Waals surface area contributed by atoms with Crippen LogP contribution in [0.4, 0.5) is 5.82 Å². The minimum absolute atomic E-state index is 0.605. The molecule has 0 aliphatic carbocycles. The van der Waals surface area contributed by atoms with Crippen molar-refractivity contribution >= 4 is 37.7 Å². The predicted octanol–water partition coefficient (Wildman–Crippen LogP) is 2.96. The van der Waals surface area contributed by atoms with Gasteiger partial charge in [-0.05, 0) is 57.7 Å². The van der Waals surface area contributed by atoms with Crippen molar-refractivity contribution < 1.29 is 5.11 Å². The molecule has 1 aliphatic rings. The highest BCUT2D eigenvalue weighted by Crippen LogP contribution is 2.31. The molecule has 0 aromatic carbocycles. The molecule has 0 radical (unpaired) electrons. The van der Waals surface area contributed by atoms with Crippen LogP contribution >= 0.6 is 31.9 Å². The molecule has 3 nitrogen and oxygen atoms in total. The second-order valence-electron chi connectivity index (χ2n) is 4.48. The maximum atomic E-state index is 10.1. The van der Waals surface area contributed by atoms with Gasteiger partial charge in [0.25, 0.3) is 0 Å². The number of anilines is 1. The van der Waals surface area contributed by atoms with Crippen LogP contribution in [0.2, 0.25) is 0 Å². The molecule has 0 bridgehead atoms. The lowest BCUT2D eigenvalue weighted by Gasteiger charge is -2.37. The number of halogens is 2. The topological polar surface area (TPSA) is 36.4 Å². The Morgan fingerprint density at radius 1 is 1.50 bits per heavy atom. The molecule has 1 atom stereocenters. The molecule has 0 amide bonds. The van der Waals surface area contributed by atoms with Gasteiger partial charge in [-0.15, -0.1) is 0 Å². The van der Waals surface area contributed by atoms with Gasteiger partial charge in [0.1, 0.15) is 5.82 Å². The van der Waals surface area contributed by atoms with Crippen molar-refractivity contribution in [1.29, 1.82) is 0 Å². The van der Waals surface area contributed by atoms with E-state index < -0.39 is 5.60 Å². The van der Waals surface area contributed by atoms with Gasteiger partial charge in [0.05, 0.1) is 10.1 Å². The molecule has 1 N–H and O–H groups in total. The first-order valence-corrected chi connectivity index (χ1v) is 6.85. The summed E-state index contributed by atoms with van der Waals surface area (Å²) in [6.07, 6.45) is 3.64. The molecule has 1 unspecified atom stereocenters. The fraction of sp³-hybridized carbons (Fsp3) is 0.545. The molecule has 1 aliphatic heterocycles. The summed E-state index contributed by atoms with van der Waals surface area (Å²) in [4.78, 5) is 6.51. The van der Waals surface area contributed by atoms with Gasteiger partial charge < -0.3 is 10.0 Å². The highest BCUT2D eigenvalue weighted by molar-refractivity contribution is 9.11. The molecule has 88 valence electrons. The third-order valence-electron chi connectivity index (χ3n) is 2.76. The monoisotopic (exact) mass is 348 g/mol. The quantitative estimate of drug-likeness (QED) is 0.846. The minimum Gasteiger partial charge on any atom is -0.388 e. The van der Waals surface area contributed by atoms with Crippen LogP contribution in [0.3, 0.4) is 0 Å². The number of piperidine rings is 1. The molecule has 5 heteroatoms. The van der Waals surface area contributed by atoms with Crippen molar-refractivity contribution in [3.8, 4) is 0 Å². The van der Waals surface area contributed by atoms with Crippen LogP contribution in [0.25, 0.3) is 0 Å². The summed E-state index contributed by atoms with van der Waals surface area (Å²) in [7, 11) is 0. The lowest BCUT2D eigenvalue weighted by molar-refractivity contribution is 0.0446. The van der Waals surface area contributed by atoms with Crippen molar-refractivity contribution in [2.45, 2.75) is 25.4 Å². The SMILES string of the molecule is CC1(O)CCCN(c2ncc(Br)cc2Br)C1. The Labute approximate surface area is 112 Å². The number of nitrogens with zero attached hydrogens (tertiary/aromatic N) is 2. The first kappa shape index (κ1) is 12.3. The lowest BCUT2D eigenvalue weighted by atomic mass is 9.95. The van der Waals surface area contributed by atoms with E-state index in [9.17, 15) is 5.11 Å². The van der Waals surface area contributed by atoms with Crippen LogP contribution in [-0.4, -0.2) is 28.8 Å². The van der Waals surface area contributed by atoms with Crippen LogP contribution in [0.5, 0.6) is 0 Å². The maximum absolute atomic E-state index is 10.1. The van der Waals surface area contributed by atoms with Gasteiger partial charge in [-0.3, -0.25) is 0 Å². The van der Waals surface area contributed by atoms with Gasteiger partial charge in [0.15, 0.2) is 0 Å². The van der Waals surface area contributed by atoms with Crippen LogP contribution in [-0.2, 0) is 0 Å². The van der Waals surface area contributed by atoms with Crippen LogP contribution in [0.1, 0.15) is 19.8 Å². The molecule has 2 rings (SSSR count). The standard InChI is InChI=1S/C11H14Br2N2O/c1-11(16)3-2-4-15(7-11)10-9(13)5-8(12)6-14-10/h5-6,16H,2-4,7H2,1H3. The molecule has 1 aromatic rings. The number of rotatable bonds is 1. The molecule has 0 saturated carbocycles. The van der Waals surface area contributed by atoms with Gasteiger partial charge in [-0.25, -0.2) is 4.98 Å². The van der Waals surface area contributed by atoms with E-state index in [-0.39, 0.29) is 0 Å².